The first-order valence-corrected chi connectivity index (χ1v) is 9.09. The fourth-order valence-corrected chi connectivity index (χ4v) is 3.18. The largest absolute Gasteiger partial charge is 0.478 e. The van der Waals surface area contributed by atoms with Crippen molar-refractivity contribution in [3.8, 4) is 0 Å². The Kier molecular flexibility index (Phi) is 7.29. The normalized spacial score (nSPS) is 15.0. The number of rotatable bonds is 6. The average molecular weight is 338 g/mol. The molecule has 2 rings (SSSR count). The molecule has 1 aromatic carbocycles. The molecule has 0 unspecified atom stereocenters. The molecule has 4 nitrogen and oxygen atoms in total. The monoisotopic (exact) mass is 338 g/mol. The van der Waals surface area contributed by atoms with E-state index in [1.54, 1.807) is 12.1 Å². The predicted molar refractivity (Wildman–Crippen MR) is 97.6 cm³/mol. The molecule has 0 radical (unpaired) electrons. The zero-order valence-electron chi connectivity index (χ0n) is 14.7. The Morgan fingerprint density at radius 2 is 1.91 bits per heavy atom. The maximum atomic E-state index is 11.2. The van der Waals surface area contributed by atoms with E-state index in [-0.39, 0.29) is 5.41 Å². The van der Waals surface area contributed by atoms with Crippen molar-refractivity contribution < 1.29 is 19.0 Å². The van der Waals surface area contributed by atoms with Gasteiger partial charge in [-0.3, -0.25) is 0 Å². The lowest BCUT2D eigenvalue weighted by Crippen LogP contribution is -2.26. The fraction of sp³-hybridized carbons (Fsp3) is 0.556. The van der Waals surface area contributed by atoms with Gasteiger partial charge in [-0.2, -0.15) is 4.58 Å². The second-order valence-electron chi connectivity index (χ2n) is 5.94. The number of benzene rings is 1. The van der Waals surface area contributed by atoms with Gasteiger partial charge in [-0.1, -0.05) is 13.8 Å². The van der Waals surface area contributed by atoms with Crippen molar-refractivity contribution >= 4 is 29.4 Å². The second kappa shape index (κ2) is 8.50. The molecule has 0 atom stereocenters. The predicted octanol–water partition coefficient (Wildman–Crippen LogP) is 4.79. The minimum absolute atomic E-state index is 0.146. The van der Waals surface area contributed by atoms with Crippen LogP contribution in [-0.4, -0.2) is 38.2 Å². The molecular formula is C18H28NO3S+. The van der Waals surface area contributed by atoms with E-state index in [1.165, 1.54) is 5.71 Å². The van der Waals surface area contributed by atoms with Crippen LogP contribution in [0.2, 0.25) is 0 Å². The quantitative estimate of drug-likeness (QED) is 0.444. The molecule has 0 aromatic heterocycles. The van der Waals surface area contributed by atoms with Crippen LogP contribution in [-0.2, 0) is 5.41 Å². The second-order valence-corrected chi connectivity index (χ2v) is 6.61. The van der Waals surface area contributed by atoms with Gasteiger partial charge < -0.3 is 9.66 Å². The minimum Gasteiger partial charge on any atom is -0.478 e. The number of fused-ring (bicyclic) bond motifs is 1. The summed E-state index contributed by atoms with van der Waals surface area (Å²) < 4.78 is 11.1. The number of carboxylic acid groups (broad SMARTS) is 1. The van der Waals surface area contributed by atoms with Gasteiger partial charge in [0.05, 0.1) is 11.0 Å². The van der Waals surface area contributed by atoms with Crippen LogP contribution < -0.4 is 0 Å². The molecule has 0 spiro atoms. The Morgan fingerprint density at radius 1 is 1.26 bits per heavy atom. The lowest BCUT2D eigenvalue weighted by atomic mass is 9.81. The van der Waals surface area contributed by atoms with Crippen LogP contribution in [0.5, 0.6) is 0 Å². The molecule has 1 heterocycles. The zero-order chi connectivity index (χ0) is 17.6. The van der Waals surface area contributed by atoms with Crippen molar-refractivity contribution in [2.75, 3.05) is 12.3 Å². The molecule has 23 heavy (non-hydrogen) atoms. The summed E-state index contributed by atoms with van der Waals surface area (Å²) in [7, 11) is 0. The Labute approximate surface area is 143 Å². The summed E-state index contributed by atoms with van der Waals surface area (Å²) in [5, 5.41) is 9.17. The first-order chi connectivity index (χ1) is 10.9. The molecule has 0 aliphatic carbocycles. The maximum absolute atomic E-state index is 11.2. The summed E-state index contributed by atoms with van der Waals surface area (Å²) >= 11 is 0.885. The van der Waals surface area contributed by atoms with Gasteiger partial charge in [0, 0.05) is 30.7 Å². The summed E-state index contributed by atoms with van der Waals surface area (Å²) in [6.45, 7) is 11.3. The molecule has 2 N–H and O–H groups in total. The molecule has 0 saturated carbocycles. The van der Waals surface area contributed by atoms with Gasteiger partial charge in [-0.05, 0) is 44.4 Å². The van der Waals surface area contributed by atoms with E-state index >= 15 is 0 Å². The van der Waals surface area contributed by atoms with E-state index < -0.39 is 5.97 Å². The molecule has 0 saturated heterocycles. The average Bonchev–Trinajstić information content (AvgIpc) is 2.73. The molecular weight excluding hydrogens is 310 g/mol. The van der Waals surface area contributed by atoms with Crippen molar-refractivity contribution in [1.29, 1.82) is 0 Å². The van der Waals surface area contributed by atoms with Crippen molar-refractivity contribution in [3.05, 3.63) is 29.3 Å². The molecule has 1 aliphatic heterocycles. The van der Waals surface area contributed by atoms with E-state index in [0.717, 1.165) is 48.4 Å². The number of nitrogens with zero attached hydrogens (tertiary/aromatic N) is 1. The highest BCUT2D eigenvalue weighted by atomic mass is 32.2. The highest BCUT2D eigenvalue weighted by Gasteiger charge is 2.43. The van der Waals surface area contributed by atoms with E-state index in [9.17, 15) is 9.90 Å². The number of carboxylic acids is 1. The summed E-state index contributed by atoms with van der Waals surface area (Å²) in [6, 6.07) is 5.38. The van der Waals surface area contributed by atoms with Crippen LogP contribution in [0.4, 0.5) is 5.69 Å². The Bertz CT molecular complexity index is 594. The topological polar surface area (TPSA) is 60.5 Å². The summed E-state index contributed by atoms with van der Waals surface area (Å²) in [5.41, 5.74) is 3.63. The summed E-state index contributed by atoms with van der Waals surface area (Å²) in [6.07, 6.45) is 1.97. The van der Waals surface area contributed by atoms with Crippen molar-refractivity contribution in [3.63, 3.8) is 0 Å². The minimum atomic E-state index is -0.885. The van der Waals surface area contributed by atoms with E-state index in [2.05, 4.69) is 25.3 Å². The third kappa shape index (κ3) is 4.15. The Balaban J connectivity index is 0.00000127. The highest BCUT2D eigenvalue weighted by molar-refractivity contribution is 7.93. The number of hydrogen-bond acceptors (Lipinski definition) is 3. The standard InChI is InChI=1S/C16H21NO3S.C2H6/c1-11-16(2,3)13-10-12(15(18)19)6-7-14(13)17(11)8-4-5-9-21-20;1-2/h6-7,10H,4-5,8-9H2,1-3H3,(H-,18,19,20);1-2H3/p+1. The maximum Gasteiger partial charge on any atom is 0.335 e. The van der Waals surface area contributed by atoms with E-state index in [1.807, 2.05) is 19.9 Å². The first-order valence-electron chi connectivity index (χ1n) is 8.15. The number of aromatic carboxylic acids is 1. The molecule has 0 amide bonds. The number of unbranched alkanes of at least 4 members (excludes halogenated alkanes) is 1. The van der Waals surface area contributed by atoms with Gasteiger partial charge in [-0.25, -0.2) is 4.79 Å². The molecule has 0 fully saturated rings. The first kappa shape index (κ1) is 19.7. The zero-order valence-corrected chi connectivity index (χ0v) is 15.5. The van der Waals surface area contributed by atoms with E-state index in [4.69, 9.17) is 4.55 Å². The lowest BCUT2D eigenvalue weighted by molar-refractivity contribution is -0.439. The number of hydrogen-bond donors (Lipinski definition) is 2. The summed E-state index contributed by atoms with van der Waals surface area (Å²) in [5.74, 6) is -0.133. The third-order valence-corrected chi connectivity index (χ3v) is 4.86. The molecule has 0 bridgehead atoms. The lowest BCUT2D eigenvalue weighted by Gasteiger charge is -2.15. The molecule has 128 valence electrons. The van der Waals surface area contributed by atoms with Crippen LogP contribution in [0.1, 0.15) is 63.4 Å². The van der Waals surface area contributed by atoms with Crippen LogP contribution >= 0.6 is 12.0 Å². The number of carbonyl (C=O) groups is 1. The smallest absolute Gasteiger partial charge is 0.335 e. The van der Waals surface area contributed by atoms with Gasteiger partial charge in [0.2, 0.25) is 5.69 Å². The van der Waals surface area contributed by atoms with Crippen LogP contribution in [0.3, 0.4) is 0 Å². The SMILES string of the molecule is CC.CC1=[N+](CCCCSO)c2ccc(C(=O)O)cc2C1(C)C. The van der Waals surface area contributed by atoms with Gasteiger partial charge in [0.1, 0.15) is 6.54 Å². The van der Waals surface area contributed by atoms with E-state index in [0.29, 0.717) is 5.56 Å². The third-order valence-electron chi connectivity index (χ3n) is 4.38. The van der Waals surface area contributed by atoms with Crippen molar-refractivity contribution in [2.45, 2.75) is 52.9 Å². The van der Waals surface area contributed by atoms with Crippen molar-refractivity contribution in [2.24, 2.45) is 0 Å². The fourth-order valence-electron chi connectivity index (χ4n) is 2.84. The van der Waals surface area contributed by atoms with Crippen LogP contribution in [0, 0.1) is 0 Å². The Morgan fingerprint density at radius 3 is 2.48 bits per heavy atom. The van der Waals surface area contributed by atoms with Gasteiger partial charge in [0.25, 0.3) is 0 Å². The summed E-state index contributed by atoms with van der Waals surface area (Å²) in [4.78, 5) is 11.2. The van der Waals surface area contributed by atoms with Crippen LogP contribution in [0.25, 0.3) is 0 Å². The Hall–Kier alpha value is -1.33. The van der Waals surface area contributed by atoms with Crippen molar-refractivity contribution in [1.82, 2.24) is 0 Å². The highest BCUT2D eigenvalue weighted by Crippen LogP contribution is 2.40. The van der Waals surface area contributed by atoms with Gasteiger partial charge >= 0.3 is 5.97 Å². The van der Waals surface area contributed by atoms with Gasteiger partial charge in [0.15, 0.2) is 5.71 Å². The van der Waals surface area contributed by atoms with Gasteiger partial charge in [-0.15, -0.1) is 0 Å². The molecule has 5 heteroatoms. The molecule has 1 aliphatic rings. The molecule has 1 aromatic rings. The van der Waals surface area contributed by atoms with Crippen LogP contribution in [0.15, 0.2) is 18.2 Å².